The first-order valence-electron chi connectivity index (χ1n) is 3.19. The maximum Gasteiger partial charge on any atom is 0.697 e. The van der Waals surface area contributed by atoms with Gasteiger partial charge in [-0.1, -0.05) is 0 Å². The SMILES string of the molecule is CCO[P+](=O)OCCNC. The Morgan fingerprint density at radius 1 is 1.50 bits per heavy atom. The Bertz CT molecular complexity index is 98.9. The normalized spacial score (nSPS) is 11.6. The van der Waals surface area contributed by atoms with Crippen molar-refractivity contribution in [1.82, 2.24) is 5.32 Å². The van der Waals surface area contributed by atoms with E-state index < -0.39 is 8.25 Å². The van der Waals surface area contributed by atoms with Crippen LogP contribution in [0.4, 0.5) is 0 Å². The molecule has 0 aromatic heterocycles. The first kappa shape index (κ1) is 9.98. The Morgan fingerprint density at radius 3 is 2.70 bits per heavy atom. The zero-order valence-electron chi connectivity index (χ0n) is 6.29. The van der Waals surface area contributed by atoms with Crippen LogP contribution in [0.5, 0.6) is 0 Å². The molecule has 1 N–H and O–H groups in total. The van der Waals surface area contributed by atoms with Gasteiger partial charge in [-0.3, -0.25) is 0 Å². The van der Waals surface area contributed by atoms with E-state index >= 15 is 0 Å². The Morgan fingerprint density at radius 2 is 2.20 bits per heavy atom. The van der Waals surface area contributed by atoms with Crippen LogP contribution in [0.15, 0.2) is 0 Å². The molecule has 5 heteroatoms. The van der Waals surface area contributed by atoms with Crippen molar-refractivity contribution in [3.63, 3.8) is 0 Å². The fourth-order valence-corrected chi connectivity index (χ4v) is 0.891. The maximum atomic E-state index is 10.6. The number of hydrogen-bond donors (Lipinski definition) is 1. The molecule has 60 valence electrons. The van der Waals surface area contributed by atoms with Crippen LogP contribution < -0.4 is 5.32 Å². The standard InChI is InChI=1S/C5H13NO3P/c1-3-8-10(7)9-5-4-6-2/h6H,3-5H2,1-2H3/q+1. The van der Waals surface area contributed by atoms with Gasteiger partial charge in [0.2, 0.25) is 0 Å². The Balaban J connectivity index is 3.05. The molecule has 0 fully saturated rings. The summed E-state index contributed by atoms with van der Waals surface area (Å²) in [5.74, 6) is 0. The van der Waals surface area contributed by atoms with Gasteiger partial charge in [-0.15, -0.1) is 9.05 Å². The van der Waals surface area contributed by atoms with Gasteiger partial charge in [-0.05, 0) is 14.0 Å². The van der Waals surface area contributed by atoms with E-state index in [4.69, 9.17) is 4.52 Å². The van der Waals surface area contributed by atoms with Gasteiger partial charge in [0.15, 0.2) is 0 Å². The third-order valence-corrected chi connectivity index (χ3v) is 1.65. The molecule has 4 nitrogen and oxygen atoms in total. The van der Waals surface area contributed by atoms with Crippen LogP contribution >= 0.6 is 8.25 Å². The monoisotopic (exact) mass is 166 g/mol. The van der Waals surface area contributed by atoms with Crippen LogP contribution in [0, 0.1) is 0 Å². The average Bonchev–Trinajstić information content (AvgIpc) is 1.89. The third-order valence-electron chi connectivity index (χ3n) is 0.783. The van der Waals surface area contributed by atoms with Crippen molar-refractivity contribution in [1.29, 1.82) is 0 Å². The van der Waals surface area contributed by atoms with Crippen molar-refractivity contribution in [3.8, 4) is 0 Å². The summed E-state index contributed by atoms with van der Waals surface area (Å²) in [6.07, 6.45) is 0. The number of nitrogens with one attached hydrogen (secondary N) is 1. The van der Waals surface area contributed by atoms with Crippen molar-refractivity contribution in [2.75, 3.05) is 26.8 Å². The highest BCUT2D eigenvalue weighted by Crippen LogP contribution is 2.21. The molecule has 0 aliphatic rings. The van der Waals surface area contributed by atoms with E-state index in [0.717, 1.165) is 0 Å². The quantitative estimate of drug-likeness (QED) is 0.470. The van der Waals surface area contributed by atoms with Crippen molar-refractivity contribution in [2.24, 2.45) is 0 Å². The van der Waals surface area contributed by atoms with Crippen LogP contribution in [0.3, 0.4) is 0 Å². The number of hydrogen-bond acceptors (Lipinski definition) is 4. The third kappa shape index (κ3) is 6.11. The van der Waals surface area contributed by atoms with E-state index in [1.807, 2.05) is 0 Å². The first-order valence-corrected chi connectivity index (χ1v) is 4.28. The fourth-order valence-electron chi connectivity index (χ4n) is 0.365. The minimum Gasteiger partial charge on any atom is -0.317 e. The van der Waals surface area contributed by atoms with Gasteiger partial charge in [0.25, 0.3) is 0 Å². The topological polar surface area (TPSA) is 47.6 Å². The van der Waals surface area contributed by atoms with Crippen molar-refractivity contribution in [2.45, 2.75) is 6.92 Å². The maximum absolute atomic E-state index is 10.6. The summed E-state index contributed by atoms with van der Waals surface area (Å²) in [4.78, 5) is 0. The van der Waals surface area contributed by atoms with Crippen molar-refractivity contribution < 1.29 is 13.6 Å². The Kier molecular flexibility index (Phi) is 7.08. The Hall–Kier alpha value is -0.0200. The molecule has 0 saturated carbocycles. The summed E-state index contributed by atoms with van der Waals surface area (Å²) in [5.41, 5.74) is 0. The summed E-state index contributed by atoms with van der Waals surface area (Å²) >= 11 is 0. The van der Waals surface area contributed by atoms with E-state index in [9.17, 15) is 4.57 Å². The molecule has 0 radical (unpaired) electrons. The zero-order valence-corrected chi connectivity index (χ0v) is 7.19. The minimum absolute atomic E-state index is 0.422. The fraction of sp³-hybridized carbons (Fsp3) is 1.00. The van der Waals surface area contributed by atoms with Crippen LogP contribution in [0.25, 0.3) is 0 Å². The van der Waals surface area contributed by atoms with E-state index in [2.05, 4.69) is 9.84 Å². The zero-order chi connectivity index (χ0) is 7.82. The molecule has 0 amide bonds. The van der Waals surface area contributed by atoms with Crippen LogP contribution in [-0.2, 0) is 13.6 Å². The minimum atomic E-state index is -1.88. The van der Waals surface area contributed by atoms with E-state index in [1.165, 1.54) is 0 Å². The highest BCUT2D eigenvalue weighted by Gasteiger charge is 2.17. The highest BCUT2D eigenvalue weighted by atomic mass is 31.1. The highest BCUT2D eigenvalue weighted by molar-refractivity contribution is 7.33. The lowest BCUT2D eigenvalue weighted by Gasteiger charge is -1.89. The first-order chi connectivity index (χ1) is 4.81. The van der Waals surface area contributed by atoms with Gasteiger partial charge >= 0.3 is 8.25 Å². The molecule has 10 heavy (non-hydrogen) atoms. The van der Waals surface area contributed by atoms with Gasteiger partial charge < -0.3 is 5.32 Å². The lowest BCUT2D eigenvalue weighted by molar-refractivity contribution is 0.235. The molecule has 0 aromatic carbocycles. The van der Waals surface area contributed by atoms with Gasteiger partial charge in [0, 0.05) is 11.1 Å². The molecule has 0 aliphatic carbocycles. The number of likely N-dealkylation sites (N-methyl/N-ethyl adjacent to an activating group) is 1. The lowest BCUT2D eigenvalue weighted by atomic mass is 10.7. The van der Waals surface area contributed by atoms with Crippen LogP contribution in [-0.4, -0.2) is 26.8 Å². The Labute approximate surface area is 61.9 Å². The second kappa shape index (κ2) is 7.09. The average molecular weight is 166 g/mol. The molecule has 0 spiro atoms. The molecule has 0 saturated heterocycles. The molecular weight excluding hydrogens is 153 g/mol. The van der Waals surface area contributed by atoms with E-state index in [0.29, 0.717) is 19.8 Å². The molecule has 0 bridgehead atoms. The molecule has 0 aromatic rings. The lowest BCUT2D eigenvalue weighted by Crippen LogP contribution is -2.12. The smallest absolute Gasteiger partial charge is 0.317 e. The van der Waals surface area contributed by atoms with E-state index in [-0.39, 0.29) is 0 Å². The van der Waals surface area contributed by atoms with Gasteiger partial charge in [-0.2, -0.15) is 0 Å². The second-order valence-electron chi connectivity index (χ2n) is 1.58. The molecular formula is C5H13NO3P+. The summed E-state index contributed by atoms with van der Waals surface area (Å²) in [7, 11) is -0.0796. The predicted octanol–water partition coefficient (Wildman–Crippen LogP) is 0.916. The molecule has 1 atom stereocenters. The molecule has 0 heterocycles. The summed E-state index contributed by atoms with van der Waals surface area (Å²) in [6.45, 7) is 3.31. The van der Waals surface area contributed by atoms with Crippen molar-refractivity contribution >= 4 is 8.25 Å². The van der Waals surface area contributed by atoms with E-state index in [1.54, 1.807) is 14.0 Å². The van der Waals surface area contributed by atoms with Gasteiger partial charge in [0.05, 0.1) is 0 Å². The largest absolute Gasteiger partial charge is 0.697 e. The number of rotatable bonds is 6. The summed E-state index contributed by atoms with van der Waals surface area (Å²) in [6, 6.07) is 0. The van der Waals surface area contributed by atoms with Crippen LogP contribution in [0.2, 0.25) is 0 Å². The molecule has 0 aliphatic heterocycles. The summed E-state index contributed by atoms with van der Waals surface area (Å²) in [5, 5.41) is 2.86. The predicted molar refractivity (Wildman–Crippen MR) is 39.1 cm³/mol. The van der Waals surface area contributed by atoms with Gasteiger partial charge in [0.1, 0.15) is 13.2 Å². The second-order valence-corrected chi connectivity index (χ2v) is 2.54. The summed E-state index contributed by atoms with van der Waals surface area (Å²) < 4.78 is 20.0. The molecule has 0 rings (SSSR count). The van der Waals surface area contributed by atoms with Gasteiger partial charge in [-0.25, -0.2) is 0 Å². The van der Waals surface area contributed by atoms with Crippen molar-refractivity contribution in [3.05, 3.63) is 0 Å². The van der Waals surface area contributed by atoms with Crippen LogP contribution in [0.1, 0.15) is 6.92 Å². The molecule has 1 unspecified atom stereocenters.